The van der Waals surface area contributed by atoms with Gasteiger partial charge in [-0.2, -0.15) is 0 Å². The molecule has 1 amide bonds. The molecular formula is C12H21NO2S. The Hall–Kier alpha value is -1.03. The smallest absolute Gasteiger partial charge is 0.264 e. The Morgan fingerprint density at radius 2 is 2.00 bits per heavy atom. The quantitative estimate of drug-likeness (QED) is 0.697. The summed E-state index contributed by atoms with van der Waals surface area (Å²) in [6, 6.07) is 1.89. The van der Waals surface area contributed by atoms with Gasteiger partial charge in [0.25, 0.3) is 5.91 Å². The summed E-state index contributed by atoms with van der Waals surface area (Å²) in [5.41, 5.74) is 0.881. The van der Waals surface area contributed by atoms with Crippen LogP contribution in [0.2, 0.25) is 0 Å². The van der Waals surface area contributed by atoms with Crippen LogP contribution in [0.25, 0.3) is 0 Å². The Bertz CT molecular complexity index is 310. The van der Waals surface area contributed by atoms with Gasteiger partial charge in [-0.25, -0.2) is 0 Å². The zero-order chi connectivity index (χ0) is 12.6. The van der Waals surface area contributed by atoms with Gasteiger partial charge in [0.1, 0.15) is 0 Å². The van der Waals surface area contributed by atoms with E-state index in [-0.39, 0.29) is 12.5 Å². The number of carbonyl (C=O) groups excluding carboxylic acids is 1. The van der Waals surface area contributed by atoms with Crippen molar-refractivity contribution in [3.8, 4) is 5.06 Å². The lowest BCUT2D eigenvalue weighted by Gasteiger charge is -2.22. The minimum Gasteiger partial charge on any atom is -0.472 e. The highest BCUT2D eigenvalue weighted by Gasteiger charge is 2.22. The SMILES string of the molecule is CC.CCC.CN1C(=O)COc2sccc21. The van der Waals surface area contributed by atoms with Crippen LogP contribution in [-0.2, 0) is 4.79 Å². The summed E-state index contributed by atoms with van der Waals surface area (Å²) in [5.74, 6) is 0.0101. The fourth-order valence-corrected chi connectivity index (χ4v) is 1.78. The maximum absolute atomic E-state index is 11.1. The third-order valence-electron chi connectivity index (χ3n) is 1.67. The summed E-state index contributed by atoms with van der Waals surface area (Å²) >= 11 is 1.52. The number of carbonyl (C=O) groups is 1. The number of anilines is 1. The number of hydrogen-bond acceptors (Lipinski definition) is 3. The molecule has 0 aromatic carbocycles. The van der Waals surface area contributed by atoms with E-state index in [0.717, 1.165) is 10.8 Å². The Balaban J connectivity index is 0.000000394. The van der Waals surface area contributed by atoms with Gasteiger partial charge < -0.3 is 9.64 Å². The molecule has 2 heterocycles. The second-order valence-electron chi connectivity index (χ2n) is 3.04. The summed E-state index contributed by atoms with van der Waals surface area (Å²) in [7, 11) is 1.76. The van der Waals surface area contributed by atoms with Gasteiger partial charge in [0, 0.05) is 7.05 Å². The third-order valence-corrected chi connectivity index (χ3v) is 2.49. The first-order valence-corrected chi connectivity index (χ1v) is 6.55. The van der Waals surface area contributed by atoms with Crippen molar-refractivity contribution < 1.29 is 9.53 Å². The molecule has 1 aromatic heterocycles. The zero-order valence-corrected chi connectivity index (χ0v) is 11.6. The van der Waals surface area contributed by atoms with Gasteiger partial charge in [-0.1, -0.05) is 34.1 Å². The van der Waals surface area contributed by atoms with E-state index in [9.17, 15) is 4.79 Å². The maximum Gasteiger partial charge on any atom is 0.264 e. The van der Waals surface area contributed by atoms with E-state index >= 15 is 0 Å². The van der Waals surface area contributed by atoms with Gasteiger partial charge in [-0.05, 0) is 11.4 Å². The van der Waals surface area contributed by atoms with Crippen LogP contribution in [0, 0.1) is 0 Å². The van der Waals surface area contributed by atoms with Gasteiger partial charge in [0.2, 0.25) is 0 Å². The lowest BCUT2D eigenvalue weighted by atomic mass is 10.4. The summed E-state index contributed by atoms with van der Waals surface area (Å²) in [5, 5.41) is 2.76. The molecule has 0 aliphatic carbocycles. The molecule has 16 heavy (non-hydrogen) atoms. The van der Waals surface area contributed by atoms with Gasteiger partial charge in [0.05, 0.1) is 5.69 Å². The molecule has 1 aromatic rings. The molecule has 0 spiro atoms. The van der Waals surface area contributed by atoms with Crippen molar-refractivity contribution >= 4 is 22.9 Å². The summed E-state index contributed by atoms with van der Waals surface area (Å²) < 4.78 is 5.17. The van der Waals surface area contributed by atoms with Crippen molar-refractivity contribution in [2.75, 3.05) is 18.6 Å². The molecule has 0 atom stereocenters. The molecule has 0 bridgehead atoms. The predicted molar refractivity (Wildman–Crippen MR) is 70.5 cm³/mol. The Morgan fingerprint density at radius 1 is 1.44 bits per heavy atom. The molecule has 1 aliphatic heterocycles. The fourth-order valence-electron chi connectivity index (χ4n) is 1.00. The van der Waals surface area contributed by atoms with Gasteiger partial charge in [0.15, 0.2) is 11.7 Å². The van der Waals surface area contributed by atoms with Crippen LogP contribution in [-0.4, -0.2) is 19.6 Å². The first-order chi connectivity index (χ1) is 7.70. The normalized spacial score (nSPS) is 12.6. The van der Waals surface area contributed by atoms with E-state index in [2.05, 4.69) is 13.8 Å². The molecule has 0 radical (unpaired) electrons. The summed E-state index contributed by atoms with van der Waals surface area (Å²) in [4.78, 5) is 12.7. The van der Waals surface area contributed by atoms with E-state index in [4.69, 9.17) is 4.74 Å². The van der Waals surface area contributed by atoms with Gasteiger partial charge in [-0.3, -0.25) is 4.79 Å². The average Bonchev–Trinajstić information content (AvgIpc) is 2.76. The summed E-state index contributed by atoms with van der Waals surface area (Å²) in [6.07, 6.45) is 1.25. The molecule has 0 fully saturated rings. The minimum absolute atomic E-state index is 0.0101. The second kappa shape index (κ2) is 8.16. The van der Waals surface area contributed by atoms with Crippen molar-refractivity contribution in [1.82, 2.24) is 0 Å². The highest BCUT2D eigenvalue weighted by Crippen LogP contribution is 2.36. The Labute approximate surface area is 102 Å². The van der Waals surface area contributed by atoms with Crippen molar-refractivity contribution in [1.29, 1.82) is 0 Å². The van der Waals surface area contributed by atoms with Gasteiger partial charge >= 0.3 is 0 Å². The number of nitrogens with zero attached hydrogens (tertiary/aromatic N) is 1. The fraction of sp³-hybridized carbons (Fsp3) is 0.583. The summed E-state index contributed by atoms with van der Waals surface area (Å²) in [6.45, 7) is 8.42. The number of fused-ring (bicyclic) bond motifs is 1. The number of likely N-dealkylation sites (N-methyl/N-ethyl adjacent to an activating group) is 1. The molecule has 1 aliphatic rings. The number of thiophene rings is 1. The van der Waals surface area contributed by atoms with Crippen LogP contribution in [0.5, 0.6) is 5.06 Å². The Kier molecular flexibility index (Phi) is 7.64. The van der Waals surface area contributed by atoms with E-state index in [1.807, 2.05) is 25.3 Å². The third kappa shape index (κ3) is 3.85. The molecule has 4 heteroatoms. The maximum atomic E-state index is 11.1. The lowest BCUT2D eigenvalue weighted by molar-refractivity contribution is -0.120. The van der Waals surface area contributed by atoms with E-state index in [0.29, 0.717) is 0 Å². The van der Waals surface area contributed by atoms with Crippen LogP contribution in [0.3, 0.4) is 0 Å². The van der Waals surface area contributed by atoms with E-state index in [1.165, 1.54) is 17.8 Å². The standard InChI is InChI=1S/C7H7NO2S.C3H8.C2H6/c1-8-5-2-3-11-7(5)10-4-6(8)9;1-3-2;1-2/h2-3H,4H2,1H3;3H2,1-2H3;1-2H3. The molecule has 2 rings (SSSR count). The molecular weight excluding hydrogens is 222 g/mol. The van der Waals surface area contributed by atoms with Crippen LogP contribution < -0.4 is 9.64 Å². The van der Waals surface area contributed by atoms with Crippen LogP contribution in [0.15, 0.2) is 11.4 Å². The predicted octanol–water partition coefficient (Wildman–Crippen LogP) is 3.55. The Morgan fingerprint density at radius 3 is 2.56 bits per heavy atom. The number of ether oxygens (including phenoxy) is 1. The highest BCUT2D eigenvalue weighted by atomic mass is 32.1. The molecule has 3 nitrogen and oxygen atoms in total. The topological polar surface area (TPSA) is 29.5 Å². The molecule has 92 valence electrons. The lowest BCUT2D eigenvalue weighted by Crippen LogP contribution is -2.34. The number of hydrogen-bond donors (Lipinski definition) is 0. The monoisotopic (exact) mass is 243 g/mol. The van der Waals surface area contributed by atoms with Crippen molar-refractivity contribution in [3.63, 3.8) is 0 Å². The van der Waals surface area contributed by atoms with Crippen LogP contribution >= 0.6 is 11.3 Å². The average molecular weight is 243 g/mol. The van der Waals surface area contributed by atoms with Crippen molar-refractivity contribution in [2.24, 2.45) is 0 Å². The first kappa shape index (κ1) is 15.0. The number of rotatable bonds is 0. The first-order valence-electron chi connectivity index (χ1n) is 5.67. The zero-order valence-electron chi connectivity index (χ0n) is 10.7. The van der Waals surface area contributed by atoms with Crippen molar-refractivity contribution in [3.05, 3.63) is 11.4 Å². The molecule has 0 unspecified atom stereocenters. The van der Waals surface area contributed by atoms with E-state index < -0.39 is 0 Å². The second-order valence-corrected chi connectivity index (χ2v) is 3.92. The molecule has 0 N–H and O–H groups in total. The largest absolute Gasteiger partial charge is 0.472 e. The van der Waals surface area contributed by atoms with Crippen LogP contribution in [0.4, 0.5) is 5.69 Å². The minimum atomic E-state index is 0.0101. The highest BCUT2D eigenvalue weighted by molar-refractivity contribution is 7.12. The number of amides is 1. The van der Waals surface area contributed by atoms with Crippen molar-refractivity contribution in [2.45, 2.75) is 34.1 Å². The van der Waals surface area contributed by atoms with Gasteiger partial charge in [-0.15, -0.1) is 11.3 Å². The molecule has 0 saturated heterocycles. The van der Waals surface area contributed by atoms with Crippen LogP contribution in [0.1, 0.15) is 34.1 Å². The molecule has 0 saturated carbocycles. The van der Waals surface area contributed by atoms with E-state index in [1.54, 1.807) is 11.9 Å².